The molecule has 0 fully saturated rings. The molecule has 0 amide bonds. The number of hydrogen-bond donors (Lipinski definition) is 1. The molecule has 4 rings (SSSR count). The molecular formula is C20H22N2O4S2. The average Bonchev–Trinajstić information content (AvgIpc) is 2.94. The molecule has 0 aliphatic carbocycles. The van der Waals surface area contributed by atoms with Crippen molar-refractivity contribution >= 4 is 31.6 Å². The first-order chi connectivity index (χ1) is 13.2. The molecule has 1 atom stereocenters. The highest BCUT2D eigenvalue weighted by atomic mass is 32.2. The number of fused-ring (bicyclic) bond motifs is 2. The Hall–Kier alpha value is -2.16. The number of benzene rings is 2. The van der Waals surface area contributed by atoms with Gasteiger partial charge in [-0.15, -0.1) is 0 Å². The van der Waals surface area contributed by atoms with E-state index in [-0.39, 0.29) is 15.8 Å². The van der Waals surface area contributed by atoms with Crippen LogP contribution in [0.5, 0.6) is 5.75 Å². The van der Waals surface area contributed by atoms with Crippen LogP contribution in [0.15, 0.2) is 52.2 Å². The number of aryl methyl sites for hydroxylation is 1. The van der Waals surface area contributed by atoms with Crippen LogP contribution in [0, 0.1) is 0 Å². The van der Waals surface area contributed by atoms with Gasteiger partial charge in [-0.05, 0) is 45.0 Å². The normalized spacial score (nSPS) is 18.6. The van der Waals surface area contributed by atoms with Crippen LogP contribution in [0.1, 0.15) is 38.8 Å². The van der Waals surface area contributed by atoms with Crippen LogP contribution in [0.3, 0.4) is 0 Å². The third-order valence-electron chi connectivity index (χ3n) is 4.94. The third-order valence-corrected chi connectivity index (χ3v) is 7.35. The van der Waals surface area contributed by atoms with Crippen molar-refractivity contribution in [3.05, 3.63) is 57.7 Å². The maximum Gasteiger partial charge on any atom is 0.308 e. The molecular weight excluding hydrogens is 396 g/mol. The molecule has 28 heavy (non-hydrogen) atoms. The summed E-state index contributed by atoms with van der Waals surface area (Å²) in [6, 6.07) is 11.9. The van der Waals surface area contributed by atoms with Crippen molar-refractivity contribution in [2.75, 3.05) is 0 Å². The van der Waals surface area contributed by atoms with Crippen molar-refractivity contribution in [3.8, 4) is 5.75 Å². The Kier molecular flexibility index (Phi) is 4.60. The molecule has 0 radical (unpaired) electrons. The summed E-state index contributed by atoms with van der Waals surface area (Å²) in [7, 11) is -3.76. The smallest absolute Gasteiger partial charge is 0.308 e. The second-order valence-corrected chi connectivity index (χ2v) is 10.2. The van der Waals surface area contributed by atoms with Crippen LogP contribution in [0.4, 0.5) is 0 Å². The van der Waals surface area contributed by atoms with Gasteiger partial charge in [0.2, 0.25) is 10.0 Å². The van der Waals surface area contributed by atoms with Crippen molar-refractivity contribution < 1.29 is 13.2 Å². The van der Waals surface area contributed by atoms with E-state index < -0.39 is 15.6 Å². The summed E-state index contributed by atoms with van der Waals surface area (Å²) in [5.41, 5.74) is 1.10. The third kappa shape index (κ3) is 3.36. The van der Waals surface area contributed by atoms with Gasteiger partial charge < -0.3 is 4.74 Å². The Labute approximate surface area is 167 Å². The standard InChI is InChI=1S/C20H22N2O4S2/c1-4-22-16-10-9-13(11-18(16)27-19(22)23)28(24,25)21-15-12-20(2,3)26-17-8-6-5-7-14(15)17/h5-11,15,21H,4,12H2,1-3H3/t15-/m0/s1. The van der Waals surface area contributed by atoms with Gasteiger partial charge in [0.15, 0.2) is 0 Å². The molecule has 2 heterocycles. The van der Waals surface area contributed by atoms with Crippen LogP contribution in [-0.4, -0.2) is 18.6 Å². The molecule has 2 aromatic carbocycles. The molecule has 6 nitrogen and oxygen atoms in total. The van der Waals surface area contributed by atoms with Gasteiger partial charge in [-0.2, -0.15) is 0 Å². The van der Waals surface area contributed by atoms with Crippen molar-refractivity contribution in [2.24, 2.45) is 0 Å². The lowest BCUT2D eigenvalue weighted by molar-refractivity contribution is 0.0702. The maximum absolute atomic E-state index is 13.1. The number of aromatic nitrogens is 1. The summed E-state index contributed by atoms with van der Waals surface area (Å²) < 4.78 is 37.3. The van der Waals surface area contributed by atoms with Crippen LogP contribution in [0.25, 0.3) is 10.2 Å². The summed E-state index contributed by atoms with van der Waals surface area (Å²) in [4.78, 5) is 12.1. The molecule has 0 spiro atoms. The first kappa shape index (κ1) is 19.2. The fraction of sp³-hybridized carbons (Fsp3) is 0.350. The zero-order valence-corrected chi connectivity index (χ0v) is 17.6. The van der Waals surface area contributed by atoms with Crippen molar-refractivity contribution in [3.63, 3.8) is 0 Å². The zero-order chi connectivity index (χ0) is 20.1. The Morgan fingerprint density at radius 2 is 2.00 bits per heavy atom. The van der Waals surface area contributed by atoms with Gasteiger partial charge in [-0.3, -0.25) is 9.36 Å². The Morgan fingerprint density at radius 3 is 2.75 bits per heavy atom. The summed E-state index contributed by atoms with van der Waals surface area (Å²) in [6.45, 7) is 6.34. The minimum Gasteiger partial charge on any atom is -0.487 e. The highest BCUT2D eigenvalue weighted by Gasteiger charge is 2.36. The zero-order valence-electron chi connectivity index (χ0n) is 15.9. The molecule has 0 saturated heterocycles. The van der Waals surface area contributed by atoms with Crippen LogP contribution >= 0.6 is 11.3 Å². The average molecular weight is 419 g/mol. The van der Waals surface area contributed by atoms with Gasteiger partial charge in [-0.1, -0.05) is 29.5 Å². The van der Waals surface area contributed by atoms with Crippen LogP contribution < -0.4 is 14.3 Å². The van der Waals surface area contributed by atoms with Crippen LogP contribution in [0.2, 0.25) is 0 Å². The molecule has 0 saturated carbocycles. The molecule has 1 aliphatic heterocycles. The molecule has 8 heteroatoms. The monoisotopic (exact) mass is 418 g/mol. The van der Waals surface area contributed by atoms with E-state index in [2.05, 4.69) is 4.72 Å². The number of rotatable bonds is 4. The van der Waals surface area contributed by atoms with Crippen LogP contribution in [-0.2, 0) is 16.6 Å². The highest BCUT2D eigenvalue weighted by molar-refractivity contribution is 7.89. The van der Waals surface area contributed by atoms with Gasteiger partial charge in [0.1, 0.15) is 11.4 Å². The maximum atomic E-state index is 13.1. The highest BCUT2D eigenvalue weighted by Crippen LogP contribution is 2.40. The Balaban J connectivity index is 1.72. The van der Waals surface area contributed by atoms with E-state index in [1.807, 2.05) is 45.0 Å². The fourth-order valence-corrected chi connectivity index (χ4v) is 5.99. The minimum atomic E-state index is -3.76. The number of hydrogen-bond acceptors (Lipinski definition) is 5. The van der Waals surface area contributed by atoms with Crippen molar-refractivity contribution in [1.29, 1.82) is 0 Å². The summed E-state index contributed by atoms with van der Waals surface area (Å²) in [6.07, 6.45) is 0.519. The molecule has 0 bridgehead atoms. The van der Waals surface area contributed by atoms with E-state index in [1.54, 1.807) is 22.8 Å². The lowest BCUT2D eigenvalue weighted by atomic mass is 9.90. The van der Waals surface area contributed by atoms with E-state index in [1.165, 1.54) is 0 Å². The van der Waals surface area contributed by atoms with E-state index in [0.717, 1.165) is 22.4 Å². The van der Waals surface area contributed by atoms with E-state index >= 15 is 0 Å². The van der Waals surface area contributed by atoms with Gasteiger partial charge in [0.05, 0.1) is 21.2 Å². The van der Waals surface area contributed by atoms with Gasteiger partial charge in [0, 0.05) is 18.5 Å². The molecule has 148 valence electrons. The predicted molar refractivity (Wildman–Crippen MR) is 111 cm³/mol. The van der Waals surface area contributed by atoms with Gasteiger partial charge >= 0.3 is 4.87 Å². The van der Waals surface area contributed by atoms with Gasteiger partial charge in [-0.25, -0.2) is 13.1 Å². The molecule has 1 N–H and O–H groups in total. The van der Waals surface area contributed by atoms with E-state index in [9.17, 15) is 13.2 Å². The lowest BCUT2D eigenvalue weighted by Gasteiger charge is -2.37. The molecule has 0 unspecified atom stereocenters. The predicted octanol–water partition coefficient (Wildman–Crippen LogP) is 3.66. The SMILES string of the molecule is CCn1c(=O)sc2cc(S(=O)(=O)N[C@H]3CC(C)(C)Oc4ccccc43)ccc21. The topological polar surface area (TPSA) is 77.4 Å². The van der Waals surface area contributed by atoms with Gasteiger partial charge in [0.25, 0.3) is 0 Å². The molecule has 1 aromatic heterocycles. The minimum absolute atomic E-state index is 0.0832. The number of nitrogens with one attached hydrogen (secondary N) is 1. The van der Waals surface area contributed by atoms with E-state index in [4.69, 9.17) is 4.74 Å². The molecule has 3 aromatic rings. The first-order valence-corrected chi connectivity index (χ1v) is 11.4. The Morgan fingerprint density at radius 1 is 1.25 bits per heavy atom. The lowest BCUT2D eigenvalue weighted by Crippen LogP contribution is -2.41. The fourth-order valence-electron chi connectivity index (χ4n) is 3.68. The first-order valence-electron chi connectivity index (χ1n) is 9.14. The van der Waals surface area contributed by atoms with E-state index in [0.29, 0.717) is 23.4 Å². The second-order valence-electron chi connectivity index (χ2n) is 7.52. The molecule has 1 aliphatic rings. The van der Waals surface area contributed by atoms with Crippen molar-refractivity contribution in [2.45, 2.75) is 50.3 Å². The van der Waals surface area contributed by atoms with Crippen molar-refractivity contribution in [1.82, 2.24) is 9.29 Å². The number of thiazole rings is 1. The number of para-hydroxylation sites is 1. The number of nitrogens with zero attached hydrogens (tertiary/aromatic N) is 1. The summed E-state index contributed by atoms with van der Waals surface area (Å²) in [5, 5.41) is 0. The largest absolute Gasteiger partial charge is 0.487 e. The number of ether oxygens (including phenoxy) is 1. The Bertz CT molecular complexity index is 1210. The second kappa shape index (κ2) is 6.72. The summed E-state index contributed by atoms with van der Waals surface area (Å²) in [5.74, 6) is 0.695. The number of sulfonamides is 1. The summed E-state index contributed by atoms with van der Waals surface area (Å²) >= 11 is 1.06. The quantitative estimate of drug-likeness (QED) is 0.701.